The molecule has 10 nitrogen and oxygen atoms in total. The summed E-state index contributed by atoms with van der Waals surface area (Å²) in [6.45, 7) is 3.37. The fraction of sp³-hybridized carbons (Fsp3) is 0.727. The Labute approximate surface area is 198 Å². The van der Waals surface area contributed by atoms with Crippen LogP contribution in [0.25, 0.3) is 0 Å². The van der Waals surface area contributed by atoms with Crippen LogP contribution in [0.5, 0.6) is 0 Å². The first-order chi connectivity index (χ1) is 16.3. The van der Waals surface area contributed by atoms with E-state index in [9.17, 15) is 13.6 Å². The molecule has 3 fully saturated rings. The number of carbonyl (C=O) groups is 1. The first-order valence-electron chi connectivity index (χ1n) is 12.0. The second-order valence-corrected chi connectivity index (χ2v) is 9.50. The summed E-state index contributed by atoms with van der Waals surface area (Å²) in [6.07, 6.45) is 2.86. The molecule has 34 heavy (non-hydrogen) atoms. The summed E-state index contributed by atoms with van der Waals surface area (Å²) < 4.78 is 34.6. The highest BCUT2D eigenvalue weighted by molar-refractivity contribution is 5.96. The summed E-state index contributed by atoms with van der Waals surface area (Å²) in [5, 5.41) is 8.60. The molecule has 1 aromatic rings. The molecule has 3 saturated heterocycles. The molecule has 0 radical (unpaired) electrons. The topological polar surface area (TPSA) is 134 Å². The molecule has 4 rings (SSSR count). The number of halogens is 2. The van der Waals surface area contributed by atoms with E-state index >= 15 is 0 Å². The van der Waals surface area contributed by atoms with Crippen LogP contribution in [0, 0.1) is 11.7 Å². The number of pyridine rings is 1. The largest absolute Gasteiger partial charge is 0.373 e. The highest BCUT2D eigenvalue weighted by atomic mass is 19.1. The molecular formula is C22H36F2N8O2. The molecule has 190 valence electrons. The van der Waals surface area contributed by atoms with Gasteiger partial charge in [0.2, 0.25) is 5.91 Å². The zero-order valence-electron chi connectivity index (χ0n) is 19.6. The molecule has 7 N–H and O–H groups in total. The highest BCUT2D eigenvalue weighted by Gasteiger charge is 2.36. The molecule has 0 aromatic carbocycles. The van der Waals surface area contributed by atoms with E-state index in [-0.39, 0.29) is 31.0 Å². The van der Waals surface area contributed by atoms with Crippen LogP contribution < -0.4 is 32.3 Å². The van der Waals surface area contributed by atoms with Gasteiger partial charge in [-0.05, 0) is 26.3 Å². The third kappa shape index (κ3) is 5.99. The van der Waals surface area contributed by atoms with Crippen LogP contribution in [0.2, 0.25) is 0 Å². The smallest absolute Gasteiger partial charge is 0.233 e. The summed E-state index contributed by atoms with van der Waals surface area (Å²) in [6, 6.07) is 0. The molecule has 1 amide bonds. The number of nitrogens with one attached hydrogen (secondary N) is 3. The molecule has 0 aliphatic carbocycles. The second-order valence-electron chi connectivity index (χ2n) is 9.50. The fourth-order valence-corrected chi connectivity index (χ4v) is 5.01. The summed E-state index contributed by atoms with van der Waals surface area (Å²) >= 11 is 0. The molecule has 3 aliphatic heterocycles. The van der Waals surface area contributed by atoms with Crippen LogP contribution in [0.1, 0.15) is 19.3 Å². The van der Waals surface area contributed by atoms with Crippen molar-refractivity contribution in [2.75, 3.05) is 56.5 Å². The third-order valence-electron chi connectivity index (χ3n) is 6.82. The van der Waals surface area contributed by atoms with Gasteiger partial charge in [0.05, 0.1) is 48.5 Å². The molecule has 12 heteroatoms. The molecule has 1 aromatic heterocycles. The number of anilines is 2. The summed E-state index contributed by atoms with van der Waals surface area (Å²) in [4.78, 5) is 21.2. The van der Waals surface area contributed by atoms with E-state index in [0.29, 0.717) is 18.8 Å². The maximum Gasteiger partial charge on any atom is 0.233 e. The molecule has 4 heterocycles. The van der Waals surface area contributed by atoms with Crippen molar-refractivity contribution in [1.82, 2.24) is 20.5 Å². The normalized spacial score (nSPS) is 27.8. The number of likely N-dealkylation sites (N-methyl/N-ethyl adjacent to an activating group) is 1. The van der Waals surface area contributed by atoms with Gasteiger partial charge in [-0.1, -0.05) is 0 Å². The zero-order valence-corrected chi connectivity index (χ0v) is 19.6. The van der Waals surface area contributed by atoms with Gasteiger partial charge in [-0.2, -0.15) is 0 Å². The minimum Gasteiger partial charge on any atom is -0.373 e. The number of piperidine rings is 1. The highest BCUT2D eigenvalue weighted by Crippen LogP contribution is 2.32. The Morgan fingerprint density at radius 2 is 1.85 bits per heavy atom. The first-order valence-corrected chi connectivity index (χ1v) is 12.0. The first kappa shape index (κ1) is 25.1. The maximum atomic E-state index is 14.9. The molecule has 2 atom stereocenters. The van der Waals surface area contributed by atoms with E-state index in [1.165, 1.54) is 6.20 Å². The van der Waals surface area contributed by atoms with Gasteiger partial charge in [-0.3, -0.25) is 20.4 Å². The number of alkyl halides is 1. The number of amides is 1. The van der Waals surface area contributed by atoms with E-state index < -0.39 is 36.1 Å². The Kier molecular flexibility index (Phi) is 8.27. The number of ether oxygens (including phenoxy) is 1. The van der Waals surface area contributed by atoms with Crippen LogP contribution in [-0.2, 0) is 9.53 Å². The average molecular weight is 483 g/mol. The van der Waals surface area contributed by atoms with Gasteiger partial charge in [-0.25, -0.2) is 8.78 Å². The van der Waals surface area contributed by atoms with E-state index in [0.717, 1.165) is 38.5 Å². The molecule has 0 bridgehead atoms. The third-order valence-corrected chi connectivity index (χ3v) is 6.82. The fourth-order valence-electron chi connectivity index (χ4n) is 5.01. The van der Waals surface area contributed by atoms with Gasteiger partial charge in [0, 0.05) is 39.3 Å². The Bertz CT molecular complexity index is 831. The second kappa shape index (κ2) is 11.2. The van der Waals surface area contributed by atoms with Crippen LogP contribution in [-0.4, -0.2) is 92.8 Å². The Morgan fingerprint density at radius 3 is 2.47 bits per heavy atom. The van der Waals surface area contributed by atoms with Crippen molar-refractivity contribution in [2.24, 2.45) is 17.4 Å². The average Bonchev–Trinajstić information content (AvgIpc) is 3.20. The quantitative estimate of drug-likeness (QED) is 0.328. The standard InChI is InChI=1S/C22H36F2N8O2/c1-31-5-2-15(12-31)34-14-3-6-32(7-4-14)19-16(24)10-27-11-17(19)30-22(33)18(20(25)26)21-28-8-13(23)9-29-21/h10-11,13-15,18,20-21,28-29H,2-9,12,25-26H2,1H3,(H,30,33)/t13?,15-,18?,21?/m1/s1. The lowest BCUT2D eigenvalue weighted by Gasteiger charge is -2.36. The van der Waals surface area contributed by atoms with Crippen molar-refractivity contribution < 1.29 is 18.3 Å². The Morgan fingerprint density at radius 1 is 1.18 bits per heavy atom. The monoisotopic (exact) mass is 482 g/mol. The lowest BCUT2D eigenvalue weighted by Crippen LogP contribution is -2.64. The number of rotatable bonds is 7. The van der Waals surface area contributed by atoms with Gasteiger partial charge in [-0.15, -0.1) is 0 Å². The maximum absolute atomic E-state index is 14.9. The van der Waals surface area contributed by atoms with Crippen molar-refractivity contribution in [2.45, 2.75) is 50.0 Å². The van der Waals surface area contributed by atoms with Crippen LogP contribution in [0.3, 0.4) is 0 Å². The van der Waals surface area contributed by atoms with Crippen molar-refractivity contribution in [3.63, 3.8) is 0 Å². The number of hydrogen-bond donors (Lipinski definition) is 5. The number of nitrogens with zero attached hydrogens (tertiary/aromatic N) is 3. The van der Waals surface area contributed by atoms with Gasteiger partial charge in [0.1, 0.15) is 11.9 Å². The SMILES string of the molecule is CN1CC[C@@H](OC2CCN(c3c(F)cncc3NC(=O)C(C(N)N)C3NCC(F)CN3)CC2)C1. The lowest BCUT2D eigenvalue weighted by molar-refractivity contribution is -0.122. The lowest BCUT2D eigenvalue weighted by atomic mass is 9.99. The Balaban J connectivity index is 1.41. The van der Waals surface area contributed by atoms with Gasteiger partial charge in [0.15, 0.2) is 5.82 Å². The number of carbonyl (C=O) groups excluding carboxylic acids is 1. The summed E-state index contributed by atoms with van der Waals surface area (Å²) in [5.41, 5.74) is 12.3. The van der Waals surface area contributed by atoms with Crippen molar-refractivity contribution in [1.29, 1.82) is 0 Å². The predicted octanol–water partition coefficient (Wildman–Crippen LogP) is -0.435. The predicted molar refractivity (Wildman–Crippen MR) is 125 cm³/mol. The number of hydrogen-bond acceptors (Lipinski definition) is 9. The van der Waals surface area contributed by atoms with Crippen molar-refractivity contribution in [3.8, 4) is 0 Å². The Hall–Kier alpha value is -1.96. The van der Waals surface area contributed by atoms with E-state index in [4.69, 9.17) is 16.2 Å². The number of likely N-dealkylation sites (tertiary alicyclic amines) is 1. The minimum absolute atomic E-state index is 0.0924. The van der Waals surface area contributed by atoms with Crippen molar-refractivity contribution >= 4 is 17.3 Å². The van der Waals surface area contributed by atoms with Crippen molar-refractivity contribution in [3.05, 3.63) is 18.2 Å². The van der Waals surface area contributed by atoms with Gasteiger partial charge >= 0.3 is 0 Å². The minimum atomic E-state index is -1.06. The van der Waals surface area contributed by atoms with E-state index in [2.05, 4.69) is 32.9 Å². The van der Waals surface area contributed by atoms with Crippen LogP contribution in [0.4, 0.5) is 20.2 Å². The van der Waals surface area contributed by atoms with Gasteiger partial charge in [0.25, 0.3) is 0 Å². The zero-order chi connectivity index (χ0) is 24.2. The van der Waals surface area contributed by atoms with Gasteiger partial charge < -0.3 is 31.3 Å². The molecule has 0 saturated carbocycles. The van der Waals surface area contributed by atoms with E-state index in [1.54, 1.807) is 0 Å². The number of aromatic nitrogens is 1. The molecule has 1 unspecified atom stereocenters. The summed E-state index contributed by atoms with van der Waals surface area (Å²) in [5.74, 6) is -1.90. The van der Waals surface area contributed by atoms with Crippen LogP contribution in [0.15, 0.2) is 12.4 Å². The number of nitrogens with two attached hydrogens (primary N) is 2. The molecular weight excluding hydrogens is 446 g/mol. The molecule has 3 aliphatic rings. The molecule has 0 spiro atoms. The summed E-state index contributed by atoms with van der Waals surface area (Å²) in [7, 11) is 2.09. The van der Waals surface area contributed by atoms with E-state index in [1.807, 2.05) is 4.90 Å². The van der Waals surface area contributed by atoms with Crippen LogP contribution >= 0.6 is 0 Å².